The molecular formula is C14H15BrCl2N4. The number of anilines is 3. The summed E-state index contributed by atoms with van der Waals surface area (Å²) in [6, 6.07) is 3.64. The summed E-state index contributed by atoms with van der Waals surface area (Å²) < 4.78 is 0.738. The summed E-state index contributed by atoms with van der Waals surface area (Å²) in [4.78, 5) is 8.79. The number of benzene rings is 1. The molecule has 0 fully saturated rings. The number of nitrogen functional groups attached to an aromatic ring is 1. The van der Waals surface area contributed by atoms with Crippen molar-refractivity contribution >= 4 is 56.5 Å². The molecule has 0 aliphatic carbocycles. The van der Waals surface area contributed by atoms with E-state index in [2.05, 4.69) is 31.2 Å². The Labute approximate surface area is 142 Å². The number of rotatable bonds is 3. The number of halogens is 3. The Morgan fingerprint density at radius 3 is 2.48 bits per heavy atom. The lowest BCUT2D eigenvalue weighted by atomic mass is 10.2. The van der Waals surface area contributed by atoms with Gasteiger partial charge >= 0.3 is 0 Å². The second-order valence-corrected chi connectivity index (χ2v) is 6.55. The van der Waals surface area contributed by atoms with Crippen LogP contribution < -0.4 is 11.1 Å². The van der Waals surface area contributed by atoms with E-state index < -0.39 is 0 Å². The van der Waals surface area contributed by atoms with Crippen LogP contribution in [-0.2, 0) is 0 Å². The van der Waals surface area contributed by atoms with Crippen LogP contribution >= 0.6 is 39.1 Å². The van der Waals surface area contributed by atoms with Crippen LogP contribution in [0.4, 0.5) is 17.3 Å². The van der Waals surface area contributed by atoms with Gasteiger partial charge in [0.25, 0.3) is 0 Å². The van der Waals surface area contributed by atoms with Gasteiger partial charge in [-0.15, -0.1) is 0 Å². The van der Waals surface area contributed by atoms with Gasteiger partial charge in [0.05, 0.1) is 15.7 Å². The molecule has 0 aliphatic rings. The number of aromatic nitrogens is 2. The Balaban J connectivity index is 2.47. The van der Waals surface area contributed by atoms with Crippen molar-refractivity contribution in [2.24, 2.45) is 0 Å². The molecule has 1 heterocycles. The SMILES string of the molecule is Cc1c(N)nc(C(C)C)nc1Nc1ccc(Br)c(Cl)c1Cl. The van der Waals surface area contributed by atoms with Crippen LogP contribution in [0.5, 0.6) is 0 Å². The highest BCUT2D eigenvalue weighted by molar-refractivity contribution is 9.10. The largest absolute Gasteiger partial charge is 0.383 e. The van der Waals surface area contributed by atoms with E-state index in [9.17, 15) is 0 Å². The fourth-order valence-electron chi connectivity index (χ4n) is 1.68. The molecule has 1 aromatic carbocycles. The summed E-state index contributed by atoms with van der Waals surface area (Å²) in [5.41, 5.74) is 7.39. The summed E-state index contributed by atoms with van der Waals surface area (Å²) in [5.74, 6) is 1.94. The highest BCUT2D eigenvalue weighted by Gasteiger charge is 2.14. The number of hydrogen-bond acceptors (Lipinski definition) is 4. The zero-order valence-electron chi connectivity index (χ0n) is 11.8. The first-order chi connectivity index (χ1) is 9.81. The average Bonchev–Trinajstić information content (AvgIpc) is 2.43. The van der Waals surface area contributed by atoms with Crippen LogP contribution in [0.1, 0.15) is 31.2 Å². The number of nitrogens with one attached hydrogen (secondary N) is 1. The van der Waals surface area contributed by atoms with Gasteiger partial charge in [-0.25, -0.2) is 9.97 Å². The summed E-state index contributed by atoms with van der Waals surface area (Å²) >= 11 is 15.7. The summed E-state index contributed by atoms with van der Waals surface area (Å²) in [7, 11) is 0. The molecule has 112 valence electrons. The smallest absolute Gasteiger partial charge is 0.139 e. The van der Waals surface area contributed by atoms with Crippen LogP contribution in [-0.4, -0.2) is 9.97 Å². The second-order valence-electron chi connectivity index (χ2n) is 4.94. The van der Waals surface area contributed by atoms with Crippen molar-refractivity contribution in [3.8, 4) is 0 Å². The first-order valence-corrected chi connectivity index (χ1v) is 7.90. The third-order valence-corrected chi connectivity index (χ3v) is 4.78. The molecule has 0 unspecified atom stereocenters. The molecular weight excluding hydrogens is 375 g/mol. The molecule has 4 nitrogen and oxygen atoms in total. The van der Waals surface area contributed by atoms with Crippen molar-refractivity contribution in [3.63, 3.8) is 0 Å². The lowest BCUT2D eigenvalue weighted by Crippen LogP contribution is -2.08. The standard InChI is InChI=1S/C14H15BrCl2N4/c1-6(2)13-20-12(18)7(3)14(21-13)19-9-5-4-8(15)10(16)11(9)17/h4-6H,1-3H3,(H3,18,19,20,21). The van der Waals surface area contributed by atoms with Gasteiger partial charge in [0.15, 0.2) is 0 Å². The Morgan fingerprint density at radius 2 is 1.86 bits per heavy atom. The molecule has 0 atom stereocenters. The molecule has 2 rings (SSSR count). The van der Waals surface area contributed by atoms with E-state index in [4.69, 9.17) is 28.9 Å². The fourth-order valence-corrected chi connectivity index (χ4v) is 2.50. The molecule has 0 radical (unpaired) electrons. The van der Waals surface area contributed by atoms with E-state index >= 15 is 0 Å². The first-order valence-electron chi connectivity index (χ1n) is 6.35. The molecule has 0 spiro atoms. The molecule has 3 N–H and O–H groups in total. The molecule has 0 saturated heterocycles. The van der Waals surface area contributed by atoms with Crippen LogP contribution in [0.3, 0.4) is 0 Å². The van der Waals surface area contributed by atoms with E-state index in [0.717, 1.165) is 10.0 Å². The molecule has 1 aromatic heterocycles. The Hall–Kier alpha value is -1.04. The molecule has 2 aromatic rings. The van der Waals surface area contributed by atoms with Gasteiger partial charge in [0, 0.05) is 16.0 Å². The maximum Gasteiger partial charge on any atom is 0.139 e. The minimum atomic E-state index is 0.178. The molecule has 0 amide bonds. The Kier molecular flexibility index (Phi) is 4.96. The summed E-state index contributed by atoms with van der Waals surface area (Å²) in [5, 5.41) is 4.05. The molecule has 7 heteroatoms. The molecule has 21 heavy (non-hydrogen) atoms. The minimum absolute atomic E-state index is 0.178. The minimum Gasteiger partial charge on any atom is -0.383 e. The van der Waals surface area contributed by atoms with E-state index in [1.807, 2.05) is 32.9 Å². The van der Waals surface area contributed by atoms with Crippen LogP contribution in [0.2, 0.25) is 10.0 Å². The van der Waals surface area contributed by atoms with Crippen LogP contribution in [0, 0.1) is 6.92 Å². The van der Waals surface area contributed by atoms with Crippen molar-refractivity contribution < 1.29 is 0 Å². The number of nitrogens with zero attached hydrogens (tertiary/aromatic N) is 2. The van der Waals surface area contributed by atoms with Crippen molar-refractivity contribution in [1.29, 1.82) is 0 Å². The van der Waals surface area contributed by atoms with E-state index in [1.165, 1.54) is 0 Å². The predicted octanol–water partition coefficient (Wildman–Crippen LogP) is 5.30. The average molecular weight is 390 g/mol. The predicted molar refractivity (Wildman–Crippen MR) is 92.7 cm³/mol. The van der Waals surface area contributed by atoms with Crippen LogP contribution in [0.15, 0.2) is 16.6 Å². The van der Waals surface area contributed by atoms with Gasteiger partial charge in [-0.1, -0.05) is 37.0 Å². The highest BCUT2D eigenvalue weighted by Crippen LogP contribution is 2.37. The normalized spacial score (nSPS) is 11.0. The van der Waals surface area contributed by atoms with E-state index in [-0.39, 0.29) is 5.92 Å². The number of nitrogens with two attached hydrogens (primary N) is 1. The highest BCUT2D eigenvalue weighted by atomic mass is 79.9. The third-order valence-electron chi connectivity index (χ3n) is 3.01. The van der Waals surface area contributed by atoms with Crippen molar-refractivity contribution in [3.05, 3.63) is 38.0 Å². The van der Waals surface area contributed by atoms with Gasteiger partial charge in [-0.2, -0.15) is 0 Å². The van der Waals surface area contributed by atoms with Crippen molar-refractivity contribution in [2.45, 2.75) is 26.7 Å². The van der Waals surface area contributed by atoms with E-state index in [0.29, 0.717) is 33.2 Å². The molecule has 0 aliphatic heterocycles. The zero-order valence-corrected chi connectivity index (χ0v) is 14.9. The van der Waals surface area contributed by atoms with Gasteiger partial charge < -0.3 is 11.1 Å². The summed E-state index contributed by atoms with van der Waals surface area (Å²) in [6.45, 7) is 5.88. The zero-order chi connectivity index (χ0) is 15.7. The quantitative estimate of drug-likeness (QED) is 0.698. The van der Waals surface area contributed by atoms with Gasteiger partial charge in [-0.05, 0) is 35.0 Å². The maximum absolute atomic E-state index is 6.24. The monoisotopic (exact) mass is 388 g/mol. The summed E-state index contributed by atoms with van der Waals surface area (Å²) in [6.07, 6.45) is 0. The second kappa shape index (κ2) is 6.38. The molecule has 0 bridgehead atoms. The van der Waals surface area contributed by atoms with Gasteiger partial charge in [-0.3, -0.25) is 0 Å². The van der Waals surface area contributed by atoms with Gasteiger partial charge in [0.2, 0.25) is 0 Å². The maximum atomic E-state index is 6.24. The lowest BCUT2D eigenvalue weighted by Gasteiger charge is -2.15. The van der Waals surface area contributed by atoms with E-state index in [1.54, 1.807) is 0 Å². The fraction of sp³-hybridized carbons (Fsp3) is 0.286. The first kappa shape index (κ1) is 16.3. The molecule has 0 saturated carbocycles. The topological polar surface area (TPSA) is 63.8 Å². The van der Waals surface area contributed by atoms with Crippen LogP contribution in [0.25, 0.3) is 0 Å². The van der Waals surface area contributed by atoms with Gasteiger partial charge in [0.1, 0.15) is 17.5 Å². The Morgan fingerprint density at radius 1 is 1.19 bits per heavy atom. The van der Waals surface area contributed by atoms with Crippen molar-refractivity contribution in [1.82, 2.24) is 9.97 Å². The number of hydrogen-bond donors (Lipinski definition) is 2. The lowest BCUT2D eigenvalue weighted by molar-refractivity contribution is 0.776. The van der Waals surface area contributed by atoms with Crippen molar-refractivity contribution in [2.75, 3.05) is 11.1 Å². The third kappa shape index (κ3) is 3.42. The Bertz CT molecular complexity index is 689.